The summed E-state index contributed by atoms with van der Waals surface area (Å²) in [4.78, 5) is 0.643. The van der Waals surface area contributed by atoms with E-state index in [1.54, 1.807) is 6.92 Å². The zero-order valence-electron chi connectivity index (χ0n) is 8.45. The summed E-state index contributed by atoms with van der Waals surface area (Å²) in [5.74, 6) is -1.81. The highest BCUT2D eigenvalue weighted by Crippen LogP contribution is 2.27. The van der Waals surface area contributed by atoms with Crippen LogP contribution in [0.4, 0.5) is 8.78 Å². The molecule has 1 unspecified atom stereocenters. The third kappa shape index (κ3) is 1.81. The molecule has 6 heteroatoms. The highest BCUT2D eigenvalue weighted by atomic mass is 32.1. The van der Waals surface area contributed by atoms with Gasteiger partial charge in [-0.05, 0) is 24.5 Å². The lowest BCUT2D eigenvalue weighted by Gasteiger charge is -2.11. The number of nitrogens with two attached hydrogens (primary N) is 1. The van der Waals surface area contributed by atoms with E-state index >= 15 is 0 Å². The van der Waals surface area contributed by atoms with Crippen LogP contribution in [0.3, 0.4) is 0 Å². The van der Waals surface area contributed by atoms with Gasteiger partial charge in [-0.3, -0.25) is 0 Å². The minimum absolute atomic E-state index is 0.120. The van der Waals surface area contributed by atoms with E-state index in [-0.39, 0.29) is 5.56 Å². The normalized spacial score (nSPS) is 12.8. The van der Waals surface area contributed by atoms with E-state index in [1.165, 1.54) is 12.1 Å². The number of hydrogen-bond donors (Lipinski definition) is 1. The Bertz CT molecular complexity index is 513. The fourth-order valence-corrected chi connectivity index (χ4v) is 2.09. The van der Waals surface area contributed by atoms with E-state index in [4.69, 9.17) is 5.73 Å². The number of hydrogen-bond acceptors (Lipinski definition) is 4. The van der Waals surface area contributed by atoms with Gasteiger partial charge in [0.25, 0.3) is 0 Å². The molecule has 0 amide bonds. The van der Waals surface area contributed by atoms with Gasteiger partial charge in [0.05, 0.1) is 16.6 Å². The number of aryl methyl sites for hydroxylation is 1. The molecule has 0 radical (unpaired) electrons. The molecule has 1 heterocycles. The van der Waals surface area contributed by atoms with Crippen LogP contribution < -0.4 is 5.73 Å². The van der Waals surface area contributed by atoms with Gasteiger partial charge in [-0.25, -0.2) is 8.78 Å². The van der Waals surface area contributed by atoms with Crippen molar-refractivity contribution in [2.24, 2.45) is 5.73 Å². The molecule has 1 aromatic heterocycles. The average molecular weight is 241 g/mol. The van der Waals surface area contributed by atoms with E-state index in [0.717, 1.165) is 17.6 Å². The molecule has 16 heavy (non-hydrogen) atoms. The summed E-state index contributed by atoms with van der Waals surface area (Å²) in [5.41, 5.74) is 6.61. The molecule has 0 saturated carbocycles. The second-order valence-corrected chi connectivity index (χ2v) is 4.13. The minimum atomic E-state index is -0.914. The highest BCUT2D eigenvalue weighted by molar-refractivity contribution is 7.05. The molecule has 84 valence electrons. The first-order chi connectivity index (χ1) is 7.61. The molecule has 2 rings (SSSR count). The van der Waals surface area contributed by atoms with Crippen LogP contribution in [0.5, 0.6) is 0 Å². The molecular formula is C10H9F2N3S. The van der Waals surface area contributed by atoms with Crippen molar-refractivity contribution < 1.29 is 8.78 Å². The van der Waals surface area contributed by atoms with Gasteiger partial charge in [-0.2, -0.15) is 0 Å². The molecule has 3 nitrogen and oxygen atoms in total. The third-order valence-electron chi connectivity index (χ3n) is 2.29. The Morgan fingerprint density at radius 2 is 2.12 bits per heavy atom. The minimum Gasteiger partial charge on any atom is -0.319 e. The van der Waals surface area contributed by atoms with Crippen molar-refractivity contribution in [2.75, 3.05) is 0 Å². The summed E-state index contributed by atoms with van der Waals surface area (Å²) in [6, 6.07) is 3.22. The number of halogens is 2. The van der Waals surface area contributed by atoms with Gasteiger partial charge in [-0.1, -0.05) is 16.6 Å². The van der Waals surface area contributed by atoms with Crippen molar-refractivity contribution in [2.45, 2.75) is 13.0 Å². The maximum atomic E-state index is 13.5. The van der Waals surface area contributed by atoms with E-state index in [9.17, 15) is 8.78 Å². The van der Waals surface area contributed by atoms with Gasteiger partial charge in [0.1, 0.15) is 0 Å². The van der Waals surface area contributed by atoms with Crippen LogP contribution in [-0.4, -0.2) is 9.59 Å². The fraction of sp³-hybridized carbons (Fsp3) is 0.200. The lowest BCUT2D eigenvalue weighted by molar-refractivity contribution is 0.495. The van der Waals surface area contributed by atoms with Gasteiger partial charge in [0, 0.05) is 5.56 Å². The summed E-state index contributed by atoms with van der Waals surface area (Å²) < 4.78 is 30.2. The molecule has 2 aromatic rings. The van der Waals surface area contributed by atoms with Crippen molar-refractivity contribution in [3.8, 4) is 0 Å². The standard InChI is InChI=1S/C10H9F2N3S/c1-5-10(16-15-14-5)9(13)6-3-2-4-7(11)8(6)12/h2-4,9H,13H2,1H3. The number of nitrogens with zero attached hydrogens (tertiary/aromatic N) is 2. The smallest absolute Gasteiger partial charge is 0.163 e. The summed E-state index contributed by atoms with van der Waals surface area (Å²) >= 11 is 1.09. The Morgan fingerprint density at radius 1 is 1.38 bits per heavy atom. The lowest BCUT2D eigenvalue weighted by atomic mass is 10.0. The van der Waals surface area contributed by atoms with Crippen molar-refractivity contribution in [3.63, 3.8) is 0 Å². The lowest BCUT2D eigenvalue weighted by Crippen LogP contribution is -2.14. The molecule has 0 bridgehead atoms. The first-order valence-corrected chi connectivity index (χ1v) is 5.37. The van der Waals surface area contributed by atoms with Crippen molar-refractivity contribution in [3.05, 3.63) is 46.0 Å². The zero-order chi connectivity index (χ0) is 11.7. The van der Waals surface area contributed by atoms with E-state index in [1.807, 2.05) is 0 Å². The first-order valence-electron chi connectivity index (χ1n) is 4.59. The molecule has 0 aliphatic rings. The molecule has 2 N–H and O–H groups in total. The first kappa shape index (κ1) is 11.1. The van der Waals surface area contributed by atoms with Crippen LogP contribution in [0.15, 0.2) is 18.2 Å². The summed E-state index contributed by atoms with van der Waals surface area (Å²) in [5, 5.41) is 3.79. The maximum Gasteiger partial charge on any atom is 0.163 e. The van der Waals surface area contributed by atoms with E-state index in [0.29, 0.717) is 10.6 Å². The van der Waals surface area contributed by atoms with Gasteiger partial charge >= 0.3 is 0 Å². The molecule has 1 aromatic carbocycles. The van der Waals surface area contributed by atoms with Gasteiger partial charge in [0.2, 0.25) is 0 Å². The van der Waals surface area contributed by atoms with Crippen molar-refractivity contribution in [1.29, 1.82) is 0 Å². The van der Waals surface area contributed by atoms with E-state index in [2.05, 4.69) is 9.59 Å². The monoisotopic (exact) mass is 241 g/mol. The van der Waals surface area contributed by atoms with Gasteiger partial charge in [0.15, 0.2) is 11.6 Å². The maximum absolute atomic E-state index is 13.5. The topological polar surface area (TPSA) is 51.8 Å². The van der Waals surface area contributed by atoms with Gasteiger partial charge < -0.3 is 5.73 Å². The number of aromatic nitrogens is 2. The van der Waals surface area contributed by atoms with Gasteiger partial charge in [-0.15, -0.1) is 5.10 Å². The van der Waals surface area contributed by atoms with Crippen LogP contribution in [0.1, 0.15) is 22.2 Å². The van der Waals surface area contributed by atoms with Crippen LogP contribution >= 0.6 is 11.5 Å². The van der Waals surface area contributed by atoms with Crippen LogP contribution in [-0.2, 0) is 0 Å². The summed E-state index contributed by atoms with van der Waals surface area (Å²) in [7, 11) is 0. The number of rotatable bonds is 2. The highest BCUT2D eigenvalue weighted by Gasteiger charge is 2.20. The van der Waals surface area contributed by atoms with E-state index < -0.39 is 17.7 Å². The second-order valence-electron chi connectivity index (χ2n) is 3.34. The van der Waals surface area contributed by atoms with Crippen LogP contribution in [0.25, 0.3) is 0 Å². The molecule has 0 fully saturated rings. The third-order valence-corrected chi connectivity index (χ3v) is 3.19. The van der Waals surface area contributed by atoms with Crippen molar-refractivity contribution in [1.82, 2.24) is 9.59 Å². The fourth-order valence-electron chi connectivity index (χ4n) is 1.42. The SMILES string of the molecule is Cc1nnsc1C(N)c1cccc(F)c1F. The second kappa shape index (κ2) is 4.23. The molecule has 0 spiro atoms. The average Bonchev–Trinajstić information content (AvgIpc) is 2.68. The van der Waals surface area contributed by atoms with Crippen LogP contribution in [0.2, 0.25) is 0 Å². The molecule has 0 saturated heterocycles. The largest absolute Gasteiger partial charge is 0.319 e. The Hall–Kier alpha value is -1.40. The van der Waals surface area contributed by atoms with Crippen molar-refractivity contribution >= 4 is 11.5 Å². The summed E-state index contributed by atoms with van der Waals surface area (Å²) in [6.07, 6.45) is 0. The molecule has 1 atom stereocenters. The summed E-state index contributed by atoms with van der Waals surface area (Å²) in [6.45, 7) is 1.73. The molecular weight excluding hydrogens is 232 g/mol. The Kier molecular flexibility index (Phi) is 2.93. The molecule has 0 aliphatic heterocycles. The number of benzene rings is 1. The Morgan fingerprint density at radius 3 is 2.75 bits per heavy atom. The predicted octanol–water partition coefficient (Wildman–Crippen LogP) is 2.17. The Labute approximate surface area is 95.1 Å². The quantitative estimate of drug-likeness (QED) is 0.876. The Balaban J connectivity index is 2.46. The predicted molar refractivity (Wildman–Crippen MR) is 57.0 cm³/mol. The van der Waals surface area contributed by atoms with Crippen LogP contribution in [0, 0.1) is 18.6 Å². The zero-order valence-corrected chi connectivity index (χ0v) is 9.26. The molecule has 0 aliphatic carbocycles.